The van der Waals surface area contributed by atoms with E-state index in [0.29, 0.717) is 0 Å². The van der Waals surface area contributed by atoms with Gasteiger partial charge in [-0.25, -0.2) is 0 Å². The van der Waals surface area contributed by atoms with Crippen LogP contribution in [0.4, 0.5) is 27.8 Å². The Morgan fingerprint density at radius 3 is 1.54 bits per heavy atom. The predicted octanol–water partition coefficient (Wildman–Crippen LogP) is 21.2. The first-order valence-electron chi connectivity index (χ1n) is 31.7. The smallest absolute Gasteiger partial charge is 0.334 e. The minimum atomic E-state index is -0.289. The summed E-state index contributed by atoms with van der Waals surface area (Å²) < 4.78 is 1.39. The van der Waals surface area contributed by atoms with Crippen LogP contribution in [0.5, 0.6) is 0 Å². The molecule has 7 aromatic carbocycles. The number of rotatable bonds is 3. The highest BCUT2D eigenvalue weighted by atomic mass is 32.1. The quantitative estimate of drug-likeness (QED) is 0.163. The summed E-state index contributed by atoms with van der Waals surface area (Å²) in [5.74, 6) is 0. The second-order valence-corrected chi connectivity index (χ2v) is 34.4. The van der Waals surface area contributed by atoms with Crippen LogP contribution in [-0.2, 0) is 48.7 Å². The number of hydrogen-bond acceptors (Lipinski definition) is 3. The van der Waals surface area contributed by atoms with Gasteiger partial charge in [-0.15, -0.1) is 11.3 Å². The Morgan fingerprint density at radius 1 is 0.410 bits per heavy atom. The maximum Gasteiger partial charge on any atom is 0.334 e. The number of nitrogens with zero attached hydrogens (tertiary/aromatic N) is 2. The third-order valence-corrected chi connectivity index (χ3v) is 23.7. The lowest BCUT2D eigenvalue weighted by molar-refractivity contribution is 0.331. The summed E-state index contributed by atoms with van der Waals surface area (Å²) in [7, 11) is 0. The minimum absolute atomic E-state index is 0.0283. The molecule has 0 saturated heterocycles. The number of anilines is 5. The monoisotopic (exact) mass is 1110 g/mol. The zero-order valence-electron chi connectivity index (χ0n) is 54.1. The van der Waals surface area contributed by atoms with E-state index in [4.69, 9.17) is 0 Å². The van der Waals surface area contributed by atoms with Crippen molar-refractivity contribution < 1.29 is 0 Å². The molecule has 4 aliphatic carbocycles. The van der Waals surface area contributed by atoms with Gasteiger partial charge in [-0.1, -0.05) is 199 Å². The van der Waals surface area contributed by atoms with Crippen LogP contribution in [0, 0.1) is 0 Å². The lowest BCUT2D eigenvalue weighted by atomic mass is 9.43. The average molecular weight is 1110 g/mol. The molecule has 0 unspecified atom stereocenters. The fourth-order valence-electron chi connectivity index (χ4n) is 16.7. The average Bonchev–Trinajstić information content (AvgIpc) is 1.85. The Hall–Kier alpha value is -5.84. The second-order valence-electron chi connectivity index (χ2n) is 33.4. The van der Waals surface area contributed by atoms with Gasteiger partial charge in [0.1, 0.15) is 0 Å². The predicted molar refractivity (Wildman–Crippen MR) is 362 cm³/mol. The van der Waals surface area contributed by atoms with E-state index in [2.05, 4.69) is 263 Å². The summed E-state index contributed by atoms with van der Waals surface area (Å²) in [4.78, 5) is 5.68. The highest BCUT2D eigenvalue weighted by Crippen LogP contribution is 2.62. The van der Waals surface area contributed by atoms with Crippen molar-refractivity contribution in [1.29, 1.82) is 0 Å². The second kappa shape index (κ2) is 17.2. The summed E-state index contributed by atoms with van der Waals surface area (Å²) >= 11 is 2.04. The van der Waals surface area contributed by atoms with E-state index >= 15 is 0 Å². The molecule has 0 bridgehead atoms. The molecule has 6 aliphatic rings. The van der Waals surface area contributed by atoms with Crippen LogP contribution in [0.25, 0.3) is 43.5 Å². The Morgan fingerprint density at radius 2 is 0.940 bits per heavy atom. The Bertz CT molecular complexity index is 4100. The van der Waals surface area contributed by atoms with Crippen molar-refractivity contribution >= 4 is 66.9 Å². The molecule has 0 radical (unpaired) electrons. The molecule has 14 rings (SSSR count). The Labute approximate surface area is 503 Å². The SMILES string of the molecule is CC(C)(C)c1ccc(N2c3cc(C(C)(C)C)cc4c3B(c3c2sc2cc5c(cc32)C(C)(C)CCC5(C)C)N(c2ccc3c(c2)C(C)(C)CCC3(C)C)c2ccc3c(c2-4)C(C)(C)c2cc4c(cc2-3)C(C)(C)CCC4(C)C)c(-c2ccccc2)c1. The largest absolute Gasteiger partial charge is 0.376 e. The molecular formula is C79H91BN2S. The first-order chi connectivity index (χ1) is 38.6. The van der Waals surface area contributed by atoms with Gasteiger partial charge in [0, 0.05) is 38.3 Å². The summed E-state index contributed by atoms with van der Waals surface area (Å²) in [6.45, 7) is 49.4. The van der Waals surface area contributed by atoms with Gasteiger partial charge in [0.05, 0.1) is 10.7 Å². The summed E-state index contributed by atoms with van der Waals surface area (Å²) in [6, 6.07) is 47.8. The van der Waals surface area contributed by atoms with Gasteiger partial charge in [0.25, 0.3) is 0 Å². The van der Waals surface area contributed by atoms with E-state index in [0.717, 1.165) is 0 Å². The lowest BCUT2D eigenvalue weighted by Crippen LogP contribution is -2.61. The molecule has 3 heterocycles. The van der Waals surface area contributed by atoms with E-state index in [9.17, 15) is 0 Å². The molecule has 2 aliphatic heterocycles. The van der Waals surface area contributed by atoms with Gasteiger partial charge in [-0.3, -0.25) is 0 Å². The highest BCUT2D eigenvalue weighted by molar-refractivity contribution is 7.26. The van der Waals surface area contributed by atoms with Crippen molar-refractivity contribution in [3.63, 3.8) is 0 Å². The van der Waals surface area contributed by atoms with E-state index in [1.54, 1.807) is 5.56 Å². The molecule has 0 fully saturated rings. The normalized spacial score (nSPS) is 20.4. The van der Waals surface area contributed by atoms with Crippen LogP contribution in [0.2, 0.25) is 0 Å². The van der Waals surface area contributed by atoms with Crippen LogP contribution in [0.1, 0.15) is 233 Å². The van der Waals surface area contributed by atoms with E-state index in [-0.39, 0.29) is 55.6 Å². The Balaban J connectivity index is 1.17. The molecule has 1 aromatic heterocycles. The minimum Gasteiger partial charge on any atom is -0.376 e. The standard InChI is InChI=1S/C79H91BN2S/c1-71(2,3)47-26-30-62(51(38-47)46-24-22-21-23-25-46)81-64-40-48(72(4,5)6)39-54-66-63(31-28-50-52-42-58-60(44-56(52)79(19,20)67(50)66)77(15,16)36-34-75(58,11)12)82(49-27-29-55-57(41-49)74(9,10)33-32-73(55,7)8)80(68(54)64)69-53-43-59-61(45-65(53)83-70(69)81)78(17,18)37-35-76(59,13)14/h21-31,38-45H,32-37H2,1-20H3. The number of benzene rings is 7. The van der Waals surface area contributed by atoms with Gasteiger partial charge in [0.2, 0.25) is 0 Å². The van der Waals surface area contributed by atoms with Crippen LogP contribution >= 0.6 is 11.3 Å². The molecule has 83 heavy (non-hydrogen) atoms. The highest BCUT2D eigenvalue weighted by Gasteiger charge is 2.53. The fourth-order valence-corrected chi connectivity index (χ4v) is 18.0. The summed E-state index contributed by atoms with van der Waals surface area (Å²) in [5.41, 5.74) is 30.9. The van der Waals surface area contributed by atoms with Gasteiger partial charge >= 0.3 is 6.85 Å². The molecule has 426 valence electrons. The van der Waals surface area contributed by atoms with Gasteiger partial charge in [-0.05, 0) is 231 Å². The molecule has 0 spiro atoms. The van der Waals surface area contributed by atoms with Crippen molar-refractivity contribution in [3.8, 4) is 33.4 Å². The topological polar surface area (TPSA) is 6.48 Å². The maximum absolute atomic E-state index is 2.89. The van der Waals surface area contributed by atoms with Crippen molar-refractivity contribution in [2.45, 2.75) is 226 Å². The van der Waals surface area contributed by atoms with Crippen molar-refractivity contribution in [2.75, 3.05) is 9.71 Å². The molecule has 0 saturated carbocycles. The van der Waals surface area contributed by atoms with Crippen LogP contribution in [-0.4, -0.2) is 6.85 Å². The maximum atomic E-state index is 2.89. The zero-order chi connectivity index (χ0) is 59.1. The third-order valence-electron chi connectivity index (χ3n) is 22.5. The Kier molecular flexibility index (Phi) is 11.4. The molecule has 0 atom stereocenters. The number of hydrogen-bond donors (Lipinski definition) is 0. The third kappa shape index (κ3) is 7.91. The zero-order valence-corrected chi connectivity index (χ0v) is 54.9. The van der Waals surface area contributed by atoms with Gasteiger partial charge in [0.15, 0.2) is 0 Å². The molecule has 4 heteroatoms. The van der Waals surface area contributed by atoms with Crippen LogP contribution in [0.3, 0.4) is 0 Å². The first-order valence-corrected chi connectivity index (χ1v) is 32.6. The molecule has 8 aromatic rings. The fraction of sp³-hybridized carbons (Fsp3) is 0.443. The van der Waals surface area contributed by atoms with Crippen LogP contribution < -0.4 is 20.6 Å². The van der Waals surface area contributed by atoms with E-state index in [1.807, 2.05) is 11.3 Å². The first kappa shape index (κ1) is 55.1. The summed E-state index contributed by atoms with van der Waals surface area (Å²) in [5, 5.41) is 2.75. The van der Waals surface area contributed by atoms with E-state index < -0.39 is 0 Å². The number of fused-ring (bicyclic) bond motifs is 13. The number of thiophene rings is 1. The molecular weight excluding hydrogens is 1020 g/mol. The molecule has 0 N–H and O–H groups in total. The molecule has 2 nitrogen and oxygen atoms in total. The van der Waals surface area contributed by atoms with Crippen molar-refractivity contribution in [3.05, 3.63) is 171 Å². The lowest BCUT2D eigenvalue weighted by Gasteiger charge is -2.48. The van der Waals surface area contributed by atoms with Gasteiger partial charge in [-0.2, -0.15) is 0 Å². The van der Waals surface area contributed by atoms with Gasteiger partial charge < -0.3 is 9.71 Å². The van der Waals surface area contributed by atoms with E-state index in [1.165, 1.54) is 171 Å². The van der Waals surface area contributed by atoms with Crippen molar-refractivity contribution in [2.24, 2.45) is 0 Å². The van der Waals surface area contributed by atoms with Crippen LogP contribution in [0.15, 0.2) is 115 Å². The molecule has 0 amide bonds. The summed E-state index contributed by atoms with van der Waals surface area (Å²) in [6.07, 6.45) is 7.10. The van der Waals surface area contributed by atoms with Crippen molar-refractivity contribution in [1.82, 2.24) is 0 Å².